The summed E-state index contributed by atoms with van der Waals surface area (Å²) < 4.78 is 34.1. The fourth-order valence-electron chi connectivity index (χ4n) is 8.79. The van der Waals surface area contributed by atoms with Crippen molar-refractivity contribution in [1.29, 1.82) is 0 Å². The van der Waals surface area contributed by atoms with Gasteiger partial charge in [0.15, 0.2) is 18.9 Å². The summed E-state index contributed by atoms with van der Waals surface area (Å²) in [6.45, 7) is 1.57. The number of amides is 1. The highest BCUT2D eigenvalue weighted by Gasteiger charge is 2.53. The van der Waals surface area contributed by atoms with Crippen LogP contribution in [0.2, 0.25) is 0 Å². The molecule has 17 unspecified atom stereocenters. The maximum absolute atomic E-state index is 13.2. The Bertz CT molecular complexity index is 1500. The highest BCUT2D eigenvalue weighted by molar-refractivity contribution is 5.76. The average molecular weight is 1020 g/mol. The van der Waals surface area contributed by atoms with E-state index in [0.29, 0.717) is 19.3 Å². The molecule has 3 saturated heterocycles. The van der Waals surface area contributed by atoms with Crippen LogP contribution in [0.1, 0.15) is 142 Å². The summed E-state index contributed by atoms with van der Waals surface area (Å²) in [5.74, 6) is -0.326. The molecule has 0 aromatic rings. The Morgan fingerprint density at radius 3 is 1.44 bits per heavy atom. The first-order valence-electron chi connectivity index (χ1n) is 26.4. The van der Waals surface area contributed by atoms with E-state index < -0.39 is 124 Å². The van der Waals surface area contributed by atoms with Crippen LogP contribution in [-0.2, 0) is 33.2 Å². The van der Waals surface area contributed by atoms with Gasteiger partial charge in [0, 0.05) is 6.42 Å². The molecular weight excluding hydrogens is 927 g/mol. The average Bonchev–Trinajstić information content (AvgIpc) is 3.36. The third-order valence-electron chi connectivity index (χ3n) is 13.2. The van der Waals surface area contributed by atoms with E-state index in [-0.39, 0.29) is 18.9 Å². The molecule has 19 nitrogen and oxygen atoms in total. The Labute approximate surface area is 421 Å². The first-order chi connectivity index (χ1) is 34.3. The van der Waals surface area contributed by atoms with E-state index in [1.54, 1.807) is 0 Å². The van der Waals surface area contributed by atoms with Crippen LogP contribution in [-0.4, -0.2) is 193 Å². The minimum absolute atomic E-state index is 0.143. The smallest absolute Gasteiger partial charge is 0.220 e. The summed E-state index contributed by atoms with van der Waals surface area (Å²) in [5, 5.41) is 120. The van der Waals surface area contributed by atoms with Gasteiger partial charge in [-0.05, 0) is 38.5 Å². The van der Waals surface area contributed by atoms with Crippen molar-refractivity contribution in [3.63, 3.8) is 0 Å². The molecule has 71 heavy (non-hydrogen) atoms. The molecule has 1 amide bonds. The van der Waals surface area contributed by atoms with Crippen LogP contribution < -0.4 is 5.32 Å². The topological polar surface area (TPSA) is 307 Å². The van der Waals surface area contributed by atoms with Gasteiger partial charge in [0.25, 0.3) is 0 Å². The Morgan fingerprint density at radius 2 is 0.944 bits per heavy atom. The van der Waals surface area contributed by atoms with E-state index in [9.17, 15) is 61.0 Å². The third kappa shape index (κ3) is 22.2. The summed E-state index contributed by atoms with van der Waals surface area (Å²) in [5.41, 5.74) is 0. The van der Waals surface area contributed by atoms with Crippen molar-refractivity contribution in [1.82, 2.24) is 5.32 Å². The Hall–Kier alpha value is -2.25. The predicted octanol–water partition coefficient (Wildman–Crippen LogP) is 2.36. The third-order valence-corrected chi connectivity index (χ3v) is 13.2. The SMILES string of the molecule is CC/C=C\C/C=C\C/C=C\C/C=C\CCC(=O)NC(COC1OC(CO)C(OC2OC(CO)C(OC3OC(CO)C(O)C(O)C3O)C(O)C2O)C(O)C1O)C(O)CCCCCCCCCCCCCCC. The number of nitrogens with one attached hydrogen (secondary N) is 1. The first kappa shape index (κ1) is 63.0. The summed E-state index contributed by atoms with van der Waals surface area (Å²) in [4.78, 5) is 13.2. The van der Waals surface area contributed by atoms with Crippen molar-refractivity contribution < 1.29 is 89.4 Å². The first-order valence-corrected chi connectivity index (χ1v) is 26.4. The predicted molar refractivity (Wildman–Crippen MR) is 263 cm³/mol. The van der Waals surface area contributed by atoms with Crippen molar-refractivity contribution >= 4 is 5.91 Å². The van der Waals surface area contributed by atoms with Gasteiger partial charge < -0.3 is 89.9 Å². The van der Waals surface area contributed by atoms with Crippen LogP contribution in [0.4, 0.5) is 0 Å². The Balaban J connectivity index is 1.57. The second kappa shape index (κ2) is 36.7. The summed E-state index contributed by atoms with van der Waals surface area (Å²) in [7, 11) is 0. The fourth-order valence-corrected chi connectivity index (χ4v) is 8.79. The number of carbonyl (C=O) groups is 1. The highest BCUT2D eigenvalue weighted by Crippen LogP contribution is 2.33. The maximum Gasteiger partial charge on any atom is 0.220 e. The van der Waals surface area contributed by atoms with Crippen LogP contribution in [0.3, 0.4) is 0 Å². The van der Waals surface area contributed by atoms with Gasteiger partial charge in [-0.15, -0.1) is 0 Å². The van der Waals surface area contributed by atoms with Gasteiger partial charge in [0.1, 0.15) is 73.2 Å². The van der Waals surface area contributed by atoms with Gasteiger partial charge in [0.05, 0.1) is 38.6 Å². The maximum atomic E-state index is 13.2. The number of aliphatic hydroxyl groups excluding tert-OH is 11. The number of ether oxygens (including phenoxy) is 6. The molecule has 3 fully saturated rings. The molecule has 3 rings (SSSR count). The van der Waals surface area contributed by atoms with E-state index in [0.717, 1.165) is 44.9 Å². The van der Waals surface area contributed by atoms with Gasteiger partial charge in [0.2, 0.25) is 5.91 Å². The molecule has 412 valence electrons. The van der Waals surface area contributed by atoms with E-state index in [4.69, 9.17) is 28.4 Å². The number of aliphatic hydroxyl groups is 11. The monoisotopic (exact) mass is 1020 g/mol. The molecule has 0 aromatic carbocycles. The summed E-state index contributed by atoms with van der Waals surface area (Å²) in [6.07, 6.45) is 9.50. The largest absolute Gasteiger partial charge is 0.394 e. The lowest BCUT2D eigenvalue weighted by molar-refractivity contribution is -0.379. The molecule has 0 bridgehead atoms. The number of hydrogen-bond acceptors (Lipinski definition) is 18. The van der Waals surface area contributed by atoms with E-state index in [1.165, 1.54) is 57.8 Å². The number of unbranched alkanes of at least 4 members (excludes halogenated alkanes) is 12. The minimum atomic E-state index is -1.98. The zero-order valence-corrected chi connectivity index (χ0v) is 42.2. The van der Waals surface area contributed by atoms with Gasteiger partial charge >= 0.3 is 0 Å². The molecule has 3 aliphatic rings. The van der Waals surface area contributed by atoms with E-state index in [1.807, 2.05) is 12.2 Å². The number of hydrogen-bond donors (Lipinski definition) is 12. The van der Waals surface area contributed by atoms with Gasteiger partial charge in [-0.1, -0.05) is 146 Å². The van der Waals surface area contributed by atoms with Crippen LogP contribution >= 0.6 is 0 Å². The second-order valence-corrected chi connectivity index (χ2v) is 19.0. The highest BCUT2D eigenvalue weighted by atomic mass is 16.8. The Kier molecular flexibility index (Phi) is 32.5. The Morgan fingerprint density at radius 1 is 0.521 bits per heavy atom. The molecule has 3 heterocycles. The summed E-state index contributed by atoms with van der Waals surface area (Å²) >= 11 is 0. The second-order valence-electron chi connectivity index (χ2n) is 19.0. The quantitative estimate of drug-likeness (QED) is 0.0317. The molecule has 0 spiro atoms. The lowest BCUT2D eigenvalue weighted by Crippen LogP contribution is -2.66. The van der Waals surface area contributed by atoms with Crippen LogP contribution in [0, 0.1) is 0 Å². The molecular formula is C52H91NO18. The van der Waals surface area contributed by atoms with Crippen molar-refractivity contribution in [2.75, 3.05) is 26.4 Å². The van der Waals surface area contributed by atoms with Gasteiger partial charge in [-0.25, -0.2) is 0 Å². The van der Waals surface area contributed by atoms with Crippen molar-refractivity contribution in [3.8, 4) is 0 Å². The standard InChI is InChI=1S/C52H91NO18/c1-3-5-7-9-11-13-15-17-19-21-23-25-27-29-36(57)35(53-40(58)30-28-26-24-22-20-18-16-14-12-10-8-6-4-2)34-66-50-46(64)43(61)48(38(32-55)68-50)71-52-47(65)44(62)49(39(33-56)69-52)70-51-45(63)42(60)41(59)37(31-54)67-51/h6,8,12,14,18,20,24,26,35-39,41-52,54-57,59-65H,3-5,7,9-11,13,15-17,19,21-23,25,27-34H2,1-2H3,(H,53,58)/b8-6-,14-12-,20-18-,26-24-. The molecule has 3 aliphatic heterocycles. The van der Waals surface area contributed by atoms with E-state index in [2.05, 4.69) is 55.6 Å². The summed E-state index contributed by atoms with van der Waals surface area (Å²) in [6, 6.07) is -0.924. The lowest BCUT2D eigenvalue weighted by Gasteiger charge is -2.48. The number of allylic oxidation sites excluding steroid dienone is 8. The minimum Gasteiger partial charge on any atom is -0.394 e. The molecule has 19 heteroatoms. The molecule has 0 saturated carbocycles. The zero-order chi connectivity index (χ0) is 52.0. The lowest BCUT2D eigenvalue weighted by atomic mass is 9.96. The molecule has 12 N–H and O–H groups in total. The number of carbonyl (C=O) groups excluding carboxylic acids is 1. The fraction of sp³-hybridized carbons (Fsp3) is 0.827. The molecule has 0 aromatic heterocycles. The number of rotatable bonds is 36. The normalized spacial score (nSPS) is 32.7. The van der Waals surface area contributed by atoms with Gasteiger partial charge in [-0.3, -0.25) is 4.79 Å². The van der Waals surface area contributed by atoms with Crippen LogP contribution in [0.25, 0.3) is 0 Å². The zero-order valence-electron chi connectivity index (χ0n) is 42.2. The molecule has 0 radical (unpaired) electrons. The molecule has 0 aliphatic carbocycles. The van der Waals surface area contributed by atoms with Crippen molar-refractivity contribution in [2.24, 2.45) is 0 Å². The van der Waals surface area contributed by atoms with E-state index >= 15 is 0 Å². The van der Waals surface area contributed by atoms with Gasteiger partial charge in [-0.2, -0.15) is 0 Å². The van der Waals surface area contributed by atoms with Crippen molar-refractivity contribution in [3.05, 3.63) is 48.6 Å². The molecule has 17 atom stereocenters. The van der Waals surface area contributed by atoms with Crippen LogP contribution in [0.5, 0.6) is 0 Å². The van der Waals surface area contributed by atoms with Crippen molar-refractivity contribution in [2.45, 2.75) is 247 Å². The van der Waals surface area contributed by atoms with Crippen LogP contribution in [0.15, 0.2) is 48.6 Å².